The van der Waals surface area contributed by atoms with E-state index in [0.717, 1.165) is 0 Å². The maximum atomic E-state index is 14.7. The second-order valence-corrected chi connectivity index (χ2v) is 7.32. The zero-order valence-corrected chi connectivity index (χ0v) is 16.3. The molecule has 0 spiro atoms. The van der Waals surface area contributed by atoms with Crippen molar-refractivity contribution in [1.82, 2.24) is 10.6 Å². The molecule has 148 valence electrons. The van der Waals surface area contributed by atoms with Crippen LogP contribution < -0.4 is 10.6 Å². The smallest absolute Gasteiger partial charge is 0.257 e. The molecular formula is C21H23FN2O3S. The van der Waals surface area contributed by atoms with E-state index < -0.39 is 17.5 Å². The van der Waals surface area contributed by atoms with Gasteiger partial charge in [-0.25, -0.2) is 4.39 Å². The molecule has 3 N–H and O–H groups in total. The largest absolute Gasteiger partial charge is 0.393 e. The number of hydrogen-bond donors (Lipinski definition) is 3. The van der Waals surface area contributed by atoms with E-state index in [9.17, 15) is 14.3 Å². The number of halogens is 1. The first-order valence-corrected chi connectivity index (χ1v) is 9.54. The van der Waals surface area contributed by atoms with Gasteiger partial charge >= 0.3 is 0 Å². The van der Waals surface area contributed by atoms with Crippen LogP contribution in [0.25, 0.3) is 0 Å². The number of rotatable bonds is 4. The predicted molar refractivity (Wildman–Crippen MR) is 108 cm³/mol. The van der Waals surface area contributed by atoms with Crippen molar-refractivity contribution in [1.29, 1.82) is 0 Å². The van der Waals surface area contributed by atoms with Gasteiger partial charge in [0.1, 0.15) is 5.82 Å². The number of ether oxygens (including phenoxy) is 1. The molecule has 28 heavy (non-hydrogen) atoms. The highest BCUT2D eigenvalue weighted by molar-refractivity contribution is 7.80. The summed E-state index contributed by atoms with van der Waals surface area (Å²) < 4.78 is 20.4. The molecule has 1 saturated heterocycles. The van der Waals surface area contributed by atoms with Gasteiger partial charge in [-0.3, -0.25) is 10.1 Å². The standard InChI is InChI=1S/C21H23FN2O3S/c1-14(25)16-11-12-27-13-21(16,17-9-5-6-10-18(17)22)24-20(28)23-19(26)15-7-3-2-4-8-15/h2-10,14,16,25H,11-13H2,1H3,(H2,23,24,26,28)/t14-,16-,21-/m0/s1. The molecule has 0 saturated carbocycles. The lowest BCUT2D eigenvalue weighted by Crippen LogP contribution is -2.61. The second-order valence-electron chi connectivity index (χ2n) is 6.91. The minimum atomic E-state index is -1.10. The Bertz CT molecular complexity index is 847. The number of carbonyl (C=O) groups is 1. The van der Waals surface area contributed by atoms with Crippen molar-refractivity contribution >= 4 is 23.2 Å². The van der Waals surface area contributed by atoms with Crippen molar-refractivity contribution in [2.24, 2.45) is 5.92 Å². The van der Waals surface area contributed by atoms with Crippen LogP contribution in [0.15, 0.2) is 54.6 Å². The molecule has 1 fully saturated rings. The Kier molecular flexibility index (Phi) is 6.39. The van der Waals surface area contributed by atoms with Crippen molar-refractivity contribution in [2.45, 2.75) is 25.0 Å². The van der Waals surface area contributed by atoms with Crippen LogP contribution in [0, 0.1) is 11.7 Å². The highest BCUT2D eigenvalue weighted by atomic mass is 32.1. The molecule has 0 aromatic heterocycles. The van der Waals surface area contributed by atoms with Gasteiger partial charge in [0.2, 0.25) is 0 Å². The van der Waals surface area contributed by atoms with Gasteiger partial charge in [-0.05, 0) is 43.8 Å². The van der Waals surface area contributed by atoms with Gasteiger partial charge in [-0.2, -0.15) is 0 Å². The molecule has 0 radical (unpaired) electrons. The van der Waals surface area contributed by atoms with Crippen molar-refractivity contribution in [3.8, 4) is 0 Å². The van der Waals surface area contributed by atoms with Crippen LogP contribution in [0.1, 0.15) is 29.3 Å². The van der Waals surface area contributed by atoms with Crippen LogP contribution in [0.2, 0.25) is 0 Å². The molecule has 1 aliphatic rings. The lowest BCUT2D eigenvalue weighted by Gasteiger charge is -2.46. The molecule has 1 heterocycles. The average Bonchev–Trinajstić information content (AvgIpc) is 2.69. The Morgan fingerprint density at radius 1 is 1.25 bits per heavy atom. The zero-order valence-electron chi connectivity index (χ0n) is 15.5. The zero-order chi connectivity index (χ0) is 20.1. The first kappa shape index (κ1) is 20.4. The number of benzene rings is 2. The van der Waals surface area contributed by atoms with Gasteiger partial charge in [0.15, 0.2) is 5.11 Å². The first-order valence-electron chi connectivity index (χ1n) is 9.13. The summed E-state index contributed by atoms with van der Waals surface area (Å²) in [5, 5.41) is 16.2. The Hall–Kier alpha value is -2.35. The Morgan fingerprint density at radius 3 is 2.61 bits per heavy atom. The monoisotopic (exact) mass is 402 g/mol. The van der Waals surface area contributed by atoms with E-state index in [1.807, 2.05) is 6.07 Å². The van der Waals surface area contributed by atoms with E-state index in [0.29, 0.717) is 24.2 Å². The predicted octanol–water partition coefficient (Wildman–Crippen LogP) is 2.74. The normalized spacial score (nSPS) is 22.9. The summed E-state index contributed by atoms with van der Waals surface area (Å²) >= 11 is 5.36. The van der Waals surface area contributed by atoms with Crippen molar-refractivity contribution < 1.29 is 19.0 Å². The van der Waals surface area contributed by atoms with Crippen LogP contribution in [0.4, 0.5) is 4.39 Å². The summed E-state index contributed by atoms with van der Waals surface area (Å²) in [4.78, 5) is 12.4. The number of amides is 1. The topological polar surface area (TPSA) is 70.6 Å². The lowest BCUT2D eigenvalue weighted by atomic mass is 9.73. The van der Waals surface area contributed by atoms with Gasteiger partial charge < -0.3 is 15.2 Å². The summed E-state index contributed by atoms with van der Waals surface area (Å²) in [6, 6.07) is 15.0. The van der Waals surface area contributed by atoms with E-state index in [-0.39, 0.29) is 23.5 Å². The number of thiocarbonyl (C=S) groups is 1. The van der Waals surface area contributed by atoms with E-state index in [1.54, 1.807) is 49.4 Å². The van der Waals surface area contributed by atoms with Crippen LogP contribution >= 0.6 is 12.2 Å². The fourth-order valence-electron chi connectivity index (χ4n) is 3.75. The molecule has 3 atom stereocenters. The van der Waals surface area contributed by atoms with Crippen LogP contribution in [-0.4, -0.2) is 35.4 Å². The SMILES string of the molecule is C[C@H](O)[C@@H]1CCOC[C@@]1(NC(=S)NC(=O)c1ccccc1)c1ccccc1F. The molecule has 0 bridgehead atoms. The Labute approximate surface area is 168 Å². The van der Waals surface area contributed by atoms with E-state index in [2.05, 4.69) is 10.6 Å². The third-order valence-corrected chi connectivity index (χ3v) is 5.28. The summed E-state index contributed by atoms with van der Waals surface area (Å²) in [5.41, 5.74) is -0.297. The number of aliphatic hydroxyl groups is 1. The van der Waals surface area contributed by atoms with Gasteiger partial charge in [0.25, 0.3) is 5.91 Å². The number of hydrogen-bond acceptors (Lipinski definition) is 4. The number of aliphatic hydroxyl groups excluding tert-OH is 1. The molecule has 1 aliphatic heterocycles. The molecule has 5 nitrogen and oxygen atoms in total. The maximum Gasteiger partial charge on any atom is 0.257 e. The minimum Gasteiger partial charge on any atom is -0.393 e. The quantitative estimate of drug-likeness (QED) is 0.686. The fraction of sp³-hybridized carbons (Fsp3) is 0.333. The molecule has 0 unspecified atom stereocenters. The van der Waals surface area contributed by atoms with Crippen molar-refractivity contribution in [2.75, 3.05) is 13.2 Å². The molecule has 3 rings (SSSR count). The highest BCUT2D eigenvalue weighted by Crippen LogP contribution is 2.39. The maximum absolute atomic E-state index is 14.7. The Balaban J connectivity index is 1.90. The minimum absolute atomic E-state index is 0.0493. The second kappa shape index (κ2) is 8.77. The van der Waals surface area contributed by atoms with Crippen LogP contribution in [0.5, 0.6) is 0 Å². The summed E-state index contributed by atoms with van der Waals surface area (Å²) in [5.74, 6) is -1.15. The molecule has 1 amide bonds. The van der Waals surface area contributed by atoms with E-state index >= 15 is 0 Å². The molecule has 2 aromatic carbocycles. The molecule has 7 heteroatoms. The van der Waals surface area contributed by atoms with E-state index in [1.165, 1.54) is 6.07 Å². The van der Waals surface area contributed by atoms with E-state index in [4.69, 9.17) is 17.0 Å². The third kappa shape index (κ3) is 4.22. The highest BCUT2D eigenvalue weighted by Gasteiger charge is 2.47. The van der Waals surface area contributed by atoms with Gasteiger partial charge in [-0.15, -0.1) is 0 Å². The van der Waals surface area contributed by atoms with Crippen LogP contribution in [0.3, 0.4) is 0 Å². The van der Waals surface area contributed by atoms with Gasteiger partial charge in [0, 0.05) is 23.7 Å². The fourth-order valence-corrected chi connectivity index (χ4v) is 4.02. The molecule has 0 aliphatic carbocycles. The Morgan fingerprint density at radius 2 is 1.93 bits per heavy atom. The number of nitrogens with one attached hydrogen (secondary N) is 2. The molecular weight excluding hydrogens is 379 g/mol. The van der Waals surface area contributed by atoms with Gasteiger partial charge in [-0.1, -0.05) is 36.4 Å². The summed E-state index contributed by atoms with van der Waals surface area (Å²) in [6.45, 7) is 2.24. The third-order valence-electron chi connectivity index (χ3n) is 5.07. The van der Waals surface area contributed by atoms with Gasteiger partial charge in [0.05, 0.1) is 18.2 Å². The van der Waals surface area contributed by atoms with Crippen molar-refractivity contribution in [3.05, 3.63) is 71.5 Å². The summed E-state index contributed by atoms with van der Waals surface area (Å²) in [6.07, 6.45) is -0.211. The average molecular weight is 402 g/mol. The molecule has 2 aromatic rings. The lowest BCUT2D eigenvalue weighted by molar-refractivity contribution is -0.0589. The number of carbonyl (C=O) groups excluding carboxylic acids is 1. The first-order chi connectivity index (χ1) is 13.4. The summed E-state index contributed by atoms with van der Waals surface area (Å²) in [7, 11) is 0. The van der Waals surface area contributed by atoms with Crippen LogP contribution in [-0.2, 0) is 10.3 Å². The van der Waals surface area contributed by atoms with Crippen molar-refractivity contribution in [3.63, 3.8) is 0 Å².